The van der Waals surface area contributed by atoms with Crippen molar-refractivity contribution in [2.24, 2.45) is 0 Å². The summed E-state index contributed by atoms with van der Waals surface area (Å²) in [5.74, 6) is -1.21. The summed E-state index contributed by atoms with van der Waals surface area (Å²) in [5.41, 5.74) is 1.21. The fraction of sp³-hybridized carbons (Fsp3) is 0.200. The summed E-state index contributed by atoms with van der Waals surface area (Å²) in [6.45, 7) is 0.0262. The van der Waals surface area contributed by atoms with Gasteiger partial charge in [-0.1, -0.05) is 17.7 Å². The number of carbonyl (C=O) groups excluding carboxylic acids is 2. The molecule has 2 amide bonds. The van der Waals surface area contributed by atoms with Crippen LogP contribution in [0, 0.1) is 11.6 Å². The largest absolute Gasteiger partial charge is 0.497 e. The van der Waals surface area contributed by atoms with Crippen LogP contribution < -0.4 is 9.64 Å². The first kappa shape index (κ1) is 22.7. The average Bonchev–Trinajstić information content (AvgIpc) is 3.38. The van der Waals surface area contributed by atoms with Gasteiger partial charge < -0.3 is 14.5 Å². The number of carbonyl (C=O) groups is 2. The van der Waals surface area contributed by atoms with Crippen LogP contribution in [0.25, 0.3) is 0 Å². The summed E-state index contributed by atoms with van der Waals surface area (Å²) in [4.78, 5) is 29.1. The molecule has 2 aliphatic heterocycles. The van der Waals surface area contributed by atoms with Crippen molar-refractivity contribution in [3.63, 3.8) is 0 Å². The van der Waals surface area contributed by atoms with Crippen LogP contribution in [0.1, 0.15) is 21.5 Å². The molecule has 34 heavy (non-hydrogen) atoms. The van der Waals surface area contributed by atoms with Crippen molar-refractivity contribution in [3.05, 3.63) is 94.0 Å². The van der Waals surface area contributed by atoms with Gasteiger partial charge >= 0.3 is 0 Å². The highest BCUT2D eigenvalue weighted by molar-refractivity contribution is 8.01. The molecule has 5 nitrogen and oxygen atoms in total. The topological polar surface area (TPSA) is 49.9 Å². The zero-order chi connectivity index (χ0) is 24.0. The summed E-state index contributed by atoms with van der Waals surface area (Å²) in [6.07, 6.45) is 0. The summed E-state index contributed by atoms with van der Waals surface area (Å²) < 4.78 is 34.3. The lowest BCUT2D eigenvalue weighted by Crippen LogP contribution is -2.50. The molecule has 2 aliphatic rings. The highest BCUT2D eigenvalue weighted by atomic mass is 35.5. The van der Waals surface area contributed by atoms with Crippen LogP contribution in [0.2, 0.25) is 5.02 Å². The maximum atomic E-state index is 14.5. The van der Waals surface area contributed by atoms with E-state index in [1.807, 2.05) is 0 Å². The standard InChI is InChI=1S/C25H19ClF2N2O3S/c1-33-17-9-10-22-19(13-17)25(24(32)29(22)14-18-20(27)3-2-4-21(18)28)30(11-12-34-25)23(31)15-5-7-16(26)8-6-15/h2-10,13H,11-12,14H2,1H3/t25-/m0/s1. The van der Waals surface area contributed by atoms with Crippen LogP contribution in [-0.2, 0) is 16.2 Å². The number of halogens is 3. The molecular formula is C25H19ClF2N2O3S. The number of hydrogen-bond donors (Lipinski definition) is 0. The lowest BCUT2D eigenvalue weighted by Gasteiger charge is -2.33. The zero-order valence-electron chi connectivity index (χ0n) is 18.1. The predicted molar refractivity (Wildman–Crippen MR) is 127 cm³/mol. The molecule has 0 aromatic heterocycles. The summed E-state index contributed by atoms with van der Waals surface area (Å²) in [6, 6.07) is 15.1. The summed E-state index contributed by atoms with van der Waals surface area (Å²) in [5, 5.41) is 0.493. The van der Waals surface area contributed by atoms with E-state index in [0.29, 0.717) is 39.9 Å². The van der Waals surface area contributed by atoms with E-state index in [9.17, 15) is 18.4 Å². The number of nitrogens with zero attached hydrogens (tertiary/aromatic N) is 2. The molecule has 0 unspecified atom stereocenters. The first-order valence-electron chi connectivity index (χ1n) is 10.5. The van der Waals surface area contributed by atoms with Crippen molar-refractivity contribution in [1.82, 2.24) is 4.90 Å². The third-order valence-electron chi connectivity index (χ3n) is 6.11. The molecular weight excluding hydrogens is 482 g/mol. The van der Waals surface area contributed by atoms with Crippen molar-refractivity contribution >= 4 is 40.9 Å². The van der Waals surface area contributed by atoms with E-state index in [1.165, 1.54) is 34.7 Å². The minimum Gasteiger partial charge on any atom is -0.497 e. The third kappa shape index (κ3) is 3.44. The molecule has 2 heterocycles. The second-order valence-electron chi connectivity index (χ2n) is 7.93. The highest BCUT2D eigenvalue weighted by Crippen LogP contribution is 2.55. The van der Waals surface area contributed by atoms with Crippen molar-refractivity contribution in [3.8, 4) is 5.75 Å². The Kier molecular flexibility index (Phi) is 5.73. The van der Waals surface area contributed by atoms with Crippen LogP contribution >= 0.6 is 23.4 Å². The van der Waals surface area contributed by atoms with E-state index in [0.717, 1.165) is 12.1 Å². The Bertz CT molecular complexity index is 1280. The van der Waals surface area contributed by atoms with E-state index in [2.05, 4.69) is 0 Å². The minimum atomic E-state index is -1.37. The molecule has 0 radical (unpaired) electrons. The van der Waals surface area contributed by atoms with Crippen molar-refractivity contribution in [2.75, 3.05) is 24.3 Å². The van der Waals surface area contributed by atoms with Crippen LogP contribution in [0.4, 0.5) is 14.5 Å². The Labute approximate surface area is 204 Å². The van der Waals surface area contributed by atoms with Gasteiger partial charge in [0.15, 0.2) is 4.87 Å². The quantitative estimate of drug-likeness (QED) is 0.493. The van der Waals surface area contributed by atoms with Gasteiger partial charge in [0.05, 0.1) is 19.3 Å². The molecule has 0 saturated carbocycles. The van der Waals surface area contributed by atoms with Gasteiger partial charge in [-0.3, -0.25) is 9.59 Å². The van der Waals surface area contributed by atoms with Crippen LogP contribution in [0.5, 0.6) is 5.75 Å². The van der Waals surface area contributed by atoms with Crippen molar-refractivity contribution in [2.45, 2.75) is 11.4 Å². The molecule has 1 fully saturated rings. The highest BCUT2D eigenvalue weighted by Gasteiger charge is 2.59. The number of benzene rings is 3. The van der Waals surface area contributed by atoms with E-state index in [-0.39, 0.29) is 18.0 Å². The monoisotopic (exact) mass is 500 g/mol. The molecule has 1 atom stereocenters. The molecule has 0 aliphatic carbocycles. The van der Waals surface area contributed by atoms with Gasteiger partial charge in [-0.15, -0.1) is 11.8 Å². The van der Waals surface area contributed by atoms with Crippen molar-refractivity contribution in [1.29, 1.82) is 0 Å². The number of hydrogen-bond acceptors (Lipinski definition) is 4. The Hall–Kier alpha value is -3.10. The fourth-order valence-electron chi connectivity index (χ4n) is 4.47. The second kappa shape index (κ2) is 8.60. The van der Waals surface area contributed by atoms with Gasteiger partial charge in [-0.05, 0) is 54.6 Å². The Morgan fingerprint density at radius 3 is 2.50 bits per heavy atom. The van der Waals surface area contributed by atoms with Crippen molar-refractivity contribution < 1.29 is 23.1 Å². The van der Waals surface area contributed by atoms with E-state index in [1.54, 1.807) is 42.5 Å². The minimum absolute atomic E-state index is 0.215. The predicted octanol–water partition coefficient (Wildman–Crippen LogP) is 5.22. The average molecular weight is 501 g/mol. The van der Waals surface area contributed by atoms with Gasteiger partial charge in [-0.2, -0.15) is 0 Å². The maximum absolute atomic E-state index is 14.5. The van der Waals surface area contributed by atoms with Gasteiger partial charge in [0.25, 0.3) is 11.8 Å². The van der Waals surface area contributed by atoms with Gasteiger partial charge in [0.1, 0.15) is 17.4 Å². The van der Waals surface area contributed by atoms with Gasteiger partial charge in [-0.25, -0.2) is 8.78 Å². The molecule has 9 heteroatoms. The Morgan fingerprint density at radius 1 is 1.12 bits per heavy atom. The summed E-state index contributed by atoms with van der Waals surface area (Å²) >= 11 is 7.30. The first-order valence-corrected chi connectivity index (χ1v) is 11.9. The molecule has 3 aromatic carbocycles. The molecule has 3 aromatic rings. The zero-order valence-corrected chi connectivity index (χ0v) is 19.6. The van der Waals surface area contributed by atoms with E-state index in [4.69, 9.17) is 16.3 Å². The Morgan fingerprint density at radius 2 is 1.82 bits per heavy atom. The first-order chi connectivity index (χ1) is 16.4. The van der Waals surface area contributed by atoms with Gasteiger partial charge in [0.2, 0.25) is 0 Å². The summed E-state index contributed by atoms with van der Waals surface area (Å²) in [7, 11) is 1.51. The van der Waals surface area contributed by atoms with E-state index < -0.39 is 22.4 Å². The SMILES string of the molecule is COc1ccc2c(c1)[C@]1(SCCN1C(=O)c1ccc(Cl)cc1)C(=O)N2Cc1c(F)cccc1F. The lowest BCUT2D eigenvalue weighted by atomic mass is 10.0. The number of amides is 2. The number of anilines is 1. The molecule has 0 bridgehead atoms. The van der Waals surface area contributed by atoms with E-state index >= 15 is 0 Å². The molecule has 1 spiro atoms. The molecule has 5 rings (SSSR count). The molecule has 174 valence electrons. The van der Waals surface area contributed by atoms with Crippen LogP contribution in [-0.4, -0.2) is 36.1 Å². The number of fused-ring (bicyclic) bond motifs is 2. The third-order valence-corrected chi connectivity index (χ3v) is 7.79. The number of methoxy groups -OCH3 is 1. The fourth-order valence-corrected chi connectivity index (χ4v) is 6.05. The maximum Gasteiger partial charge on any atom is 0.268 e. The van der Waals surface area contributed by atoms with Crippen LogP contribution in [0.15, 0.2) is 60.7 Å². The smallest absolute Gasteiger partial charge is 0.268 e. The lowest BCUT2D eigenvalue weighted by molar-refractivity contribution is -0.123. The number of thioether (sulfide) groups is 1. The normalized spacial score (nSPS) is 19.1. The number of rotatable bonds is 4. The second-order valence-corrected chi connectivity index (χ2v) is 9.65. The number of ether oxygens (including phenoxy) is 1. The molecule has 0 N–H and O–H groups in total. The Balaban J connectivity index is 1.63. The van der Waals surface area contributed by atoms with Gasteiger partial charge in [0, 0.05) is 34.0 Å². The molecule has 1 saturated heterocycles. The van der Waals surface area contributed by atoms with Crippen LogP contribution in [0.3, 0.4) is 0 Å².